The monoisotopic (exact) mass is 722 g/mol. The molecule has 9 heteroatoms. The third-order valence-corrected chi connectivity index (χ3v) is 11.1. The van der Waals surface area contributed by atoms with Crippen LogP contribution in [0.2, 0.25) is 0 Å². The van der Waals surface area contributed by atoms with E-state index in [4.69, 9.17) is 9.47 Å². The third kappa shape index (κ3) is 7.67. The van der Waals surface area contributed by atoms with E-state index in [1.54, 1.807) is 0 Å². The Morgan fingerprint density at radius 1 is 0.778 bits per heavy atom. The molecule has 3 aliphatic heterocycles. The van der Waals surface area contributed by atoms with Crippen LogP contribution in [0.3, 0.4) is 0 Å². The van der Waals surface area contributed by atoms with E-state index in [9.17, 15) is 14.7 Å². The van der Waals surface area contributed by atoms with Crippen molar-refractivity contribution >= 4 is 17.5 Å². The maximum absolute atomic E-state index is 13.3. The van der Waals surface area contributed by atoms with Crippen LogP contribution < -0.4 is 15.5 Å². The van der Waals surface area contributed by atoms with Crippen molar-refractivity contribution in [3.05, 3.63) is 161 Å². The molecule has 0 aromatic heterocycles. The van der Waals surface area contributed by atoms with Crippen LogP contribution in [-0.4, -0.2) is 59.8 Å². The second kappa shape index (κ2) is 16.0. The number of carbonyl (C=O) groups is 2. The molecule has 54 heavy (non-hydrogen) atoms. The Balaban J connectivity index is 0.955. The van der Waals surface area contributed by atoms with Gasteiger partial charge in [0.25, 0.3) is 5.91 Å². The molecule has 3 N–H and O–H groups in total. The fourth-order valence-electron chi connectivity index (χ4n) is 8.03. The van der Waals surface area contributed by atoms with Crippen LogP contribution in [0, 0.1) is 0 Å². The summed E-state index contributed by atoms with van der Waals surface area (Å²) in [7, 11) is 0. The number of hydrogen-bond acceptors (Lipinski definition) is 7. The van der Waals surface area contributed by atoms with Gasteiger partial charge in [-0.1, -0.05) is 103 Å². The Bertz CT molecular complexity index is 2030. The van der Waals surface area contributed by atoms with Gasteiger partial charge in [-0.15, -0.1) is 0 Å². The molecule has 1 spiro atoms. The molecule has 0 aliphatic carbocycles. The van der Waals surface area contributed by atoms with Gasteiger partial charge in [-0.25, -0.2) is 0 Å². The van der Waals surface area contributed by atoms with Crippen LogP contribution in [0.25, 0.3) is 11.1 Å². The average Bonchev–Trinajstić information content (AvgIpc) is 3.55. The van der Waals surface area contributed by atoms with Gasteiger partial charge in [0.15, 0.2) is 6.29 Å². The van der Waals surface area contributed by atoms with Crippen molar-refractivity contribution in [2.24, 2.45) is 0 Å². The van der Waals surface area contributed by atoms with E-state index in [1.165, 1.54) is 0 Å². The summed E-state index contributed by atoms with van der Waals surface area (Å²) in [6.07, 6.45) is 1.34. The molecule has 276 valence electrons. The van der Waals surface area contributed by atoms with Crippen molar-refractivity contribution in [1.29, 1.82) is 0 Å². The van der Waals surface area contributed by atoms with E-state index in [0.717, 1.165) is 71.5 Å². The van der Waals surface area contributed by atoms with E-state index < -0.39 is 11.8 Å². The average molecular weight is 723 g/mol. The number of amides is 2. The number of piperidine rings is 1. The first-order chi connectivity index (χ1) is 26.5. The van der Waals surface area contributed by atoms with Crippen LogP contribution in [0.5, 0.6) is 0 Å². The van der Waals surface area contributed by atoms with Crippen molar-refractivity contribution < 1.29 is 24.2 Å². The number of nitrogens with zero attached hydrogens (tertiary/aromatic N) is 2. The highest BCUT2D eigenvalue weighted by Gasteiger charge is 2.50. The van der Waals surface area contributed by atoms with Crippen LogP contribution in [-0.2, 0) is 27.4 Å². The van der Waals surface area contributed by atoms with Crippen molar-refractivity contribution in [2.45, 2.75) is 56.5 Å². The SMILES string of the molecule is O=C(NCc1cccc(-c2ccc(C3OC(CN4CCC5(CC4)C(=O)NCN5c4ccccc4)CC(c4ccc(CO)cc4)O3)cc2)c1)c1ccccc1. The zero-order chi connectivity index (χ0) is 36.9. The van der Waals surface area contributed by atoms with E-state index >= 15 is 0 Å². The van der Waals surface area contributed by atoms with Gasteiger partial charge in [0.2, 0.25) is 5.91 Å². The van der Waals surface area contributed by atoms with Crippen LogP contribution >= 0.6 is 0 Å². The molecule has 8 rings (SSSR count). The van der Waals surface area contributed by atoms with Crippen LogP contribution in [0.15, 0.2) is 133 Å². The highest BCUT2D eigenvalue weighted by Crippen LogP contribution is 2.40. The van der Waals surface area contributed by atoms with Crippen LogP contribution in [0.1, 0.15) is 64.3 Å². The van der Waals surface area contributed by atoms with Crippen LogP contribution in [0.4, 0.5) is 5.69 Å². The normalized spacial score (nSPS) is 21.2. The van der Waals surface area contributed by atoms with Gasteiger partial charge in [0, 0.05) is 49.4 Å². The molecule has 0 bridgehead atoms. The molecule has 3 fully saturated rings. The molecule has 3 heterocycles. The number of aliphatic hydroxyl groups is 1. The van der Waals surface area contributed by atoms with Gasteiger partial charge >= 0.3 is 0 Å². The number of para-hydroxylation sites is 1. The van der Waals surface area contributed by atoms with Gasteiger partial charge in [-0.3, -0.25) is 9.59 Å². The summed E-state index contributed by atoms with van der Waals surface area (Å²) in [6.45, 7) is 3.28. The quantitative estimate of drug-likeness (QED) is 0.147. The molecule has 3 aliphatic rings. The van der Waals surface area contributed by atoms with Crippen molar-refractivity contribution in [3.8, 4) is 11.1 Å². The lowest BCUT2D eigenvalue weighted by Crippen LogP contribution is -2.57. The van der Waals surface area contributed by atoms with Gasteiger partial charge in [-0.2, -0.15) is 0 Å². The molecule has 0 saturated carbocycles. The van der Waals surface area contributed by atoms with E-state index in [-0.39, 0.29) is 30.6 Å². The zero-order valence-electron chi connectivity index (χ0n) is 30.3. The van der Waals surface area contributed by atoms with Gasteiger partial charge < -0.3 is 35.0 Å². The van der Waals surface area contributed by atoms with E-state index in [2.05, 4.69) is 69.0 Å². The van der Waals surface area contributed by atoms with Gasteiger partial charge in [0.05, 0.1) is 25.5 Å². The Morgan fingerprint density at radius 3 is 2.20 bits per heavy atom. The summed E-state index contributed by atoms with van der Waals surface area (Å²) in [5.74, 6) is 0.0173. The Hall–Kier alpha value is -5.32. The molecule has 5 aromatic rings. The first-order valence-corrected chi connectivity index (χ1v) is 18.8. The molecular weight excluding hydrogens is 677 g/mol. The number of rotatable bonds is 10. The Morgan fingerprint density at radius 2 is 1.48 bits per heavy atom. The minimum absolute atomic E-state index is 0.00603. The molecule has 2 amide bonds. The first kappa shape index (κ1) is 35.7. The molecule has 3 unspecified atom stereocenters. The number of nitrogens with one attached hydrogen (secondary N) is 2. The fourth-order valence-corrected chi connectivity index (χ4v) is 8.03. The predicted molar refractivity (Wildman–Crippen MR) is 208 cm³/mol. The fraction of sp³-hybridized carbons (Fsp3) is 0.289. The van der Waals surface area contributed by atoms with Crippen molar-refractivity contribution in [1.82, 2.24) is 15.5 Å². The molecule has 9 nitrogen and oxygen atoms in total. The number of anilines is 1. The number of aliphatic hydroxyl groups excluding tert-OH is 1. The topological polar surface area (TPSA) is 103 Å². The Labute approximate surface area is 316 Å². The van der Waals surface area contributed by atoms with E-state index in [0.29, 0.717) is 25.2 Å². The minimum atomic E-state index is -0.565. The number of hydrogen-bond donors (Lipinski definition) is 3. The third-order valence-electron chi connectivity index (χ3n) is 11.1. The maximum Gasteiger partial charge on any atom is 0.251 e. The summed E-state index contributed by atoms with van der Waals surface area (Å²) in [5, 5.41) is 15.8. The smallest absolute Gasteiger partial charge is 0.251 e. The maximum atomic E-state index is 13.3. The zero-order valence-corrected chi connectivity index (χ0v) is 30.3. The van der Waals surface area contributed by atoms with Gasteiger partial charge in [-0.05, 0) is 71.0 Å². The summed E-state index contributed by atoms with van der Waals surface area (Å²) in [6, 6.07) is 43.9. The van der Waals surface area contributed by atoms with Gasteiger partial charge in [0.1, 0.15) is 5.54 Å². The number of benzene rings is 5. The van der Waals surface area contributed by atoms with Crippen molar-refractivity contribution in [2.75, 3.05) is 31.2 Å². The molecule has 0 radical (unpaired) electrons. The largest absolute Gasteiger partial charge is 0.392 e. The summed E-state index contributed by atoms with van der Waals surface area (Å²) in [5.41, 5.74) is 7.15. The lowest BCUT2D eigenvalue weighted by Gasteiger charge is -2.45. The lowest BCUT2D eigenvalue weighted by molar-refractivity contribution is -0.253. The molecule has 3 atom stereocenters. The molecular formula is C45H46N4O5. The van der Waals surface area contributed by atoms with Crippen molar-refractivity contribution in [3.63, 3.8) is 0 Å². The predicted octanol–water partition coefficient (Wildman–Crippen LogP) is 6.75. The molecule has 5 aromatic carbocycles. The minimum Gasteiger partial charge on any atom is -0.392 e. The standard InChI is InChI=1S/C45H46N4O5/c50-30-32-14-16-35(17-15-32)41-27-40(29-48-24-22-45(23-25-48)44(52)47-31-49(45)39-12-5-2-6-13-39)53-43(54-41)37-20-18-34(19-21-37)38-11-7-8-33(26-38)28-46-42(51)36-9-3-1-4-10-36/h1-21,26,40-41,43,50H,22-25,27-31H2,(H,46,51)(H,47,52). The second-order valence-corrected chi connectivity index (χ2v) is 14.5. The van der Waals surface area contributed by atoms with E-state index in [1.807, 2.05) is 84.9 Å². The number of carbonyl (C=O) groups excluding carboxylic acids is 2. The second-order valence-electron chi connectivity index (χ2n) is 14.5. The highest BCUT2D eigenvalue weighted by atomic mass is 16.7. The Kier molecular flexibility index (Phi) is 10.6. The molecule has 3 saturated heterocycles. The summed E-state index contributed by atoms with van der Waals surface area (Å²) >= 11 is 0. The number of ether oxygens (including phenoxy) is 2. The first-order valence-electron chi connectivity index (χ1n) is 18.8. The lowest BCUT2D eigenvalue weighted by atomic mass is 9.85. The summed E-state index contributed by atoms with van der Waals surface area (Å²) < 4.78 is 13.4. The highest BCUT2D eigenvalue weighted by molar-refractivity contribution is 5.94. The summed E-state index contributed by atoms with van der Waals surface area (Å²) in [4.78, 5) is 30.5. The number of likely N-dealkylation sites (tertiary alicyclic amines) is 1.